The van der Waals surface area contributed by atoms with Crippen molar-refractivity contribution < 1.29 is 33.0 Å². The van der Waals surface area contributed by atoms with Crippen LogP contribution in [0.2, 0.25) is 0 Å². The minimum atomic E-state index is -0.716. The average molecular weight is 606 g/mol. The highest BCUT2D eigenvalue weighted by Gasteiger charge is 2.39. The first kappa shape index (κ1) is 30.2. The average Bonchev–Trinajstić information content (AvgIpc) is 3.39. The molecule has 3 heterocycles. The summed E-state index contributed by atoms with van der Waals surface area (Å²) in [5.41, 5.74) is 3.12. The SMILES string of the molecule is Cc1ccccc1CN1C[C@@H]2C[C@H]1C(=O)NC[C@H]1O[C@H](CCOc3cc(-c4ccc(F)cc4F)ccc3C(=O)N2)CC[C@@H]1O. The van der Waals surface area contributed by atoms with Crippen molar-refractivity contribution in [3.8, 4) is 16.9 Å². The Bertz CT molecular complexity index is 1530. The van der Waals surface area contributed by atoms with Crippen molar-refractivity contribution in [1.82, 2.24) is 15.5 Å². The molecule has 3 aliphatic rings. The largest absolute Gasteiger partial charge is 0.493 e. The number of ether oxygens (including phenoxy) is 2. The van der Waals surface area contributed by atoms with Crippen LogP contribution in [0.4, 0.5) is 8.78 Å². The number of hydrogen-bond acceptors (Lipinski definition) is 6. The number of amides is 2. The lowest BCUT2D eigenvalue weighted by molar-refractivity contribution is -0.133. The van der Waals surface area contributed by atoms with E-state index in [0.29, 0.717) is 44.3 Å². The van der Waals surface area contributed by atoms with Crippen molar-refractivity contribution in [3.63, 3.8) is 0 Å². The number of aryl methyl sites for hydroxylation is 1. The molecule has 3 aromatic carbocycles. The molecule has 2 amide bonds. The predicted octanol–water partition coefficient (Wildman–Crippen LogP) is 4.12. The van der Waals surface area contributed by atoms with Gasteiger partial charge in [0.25, 0.3) is 5.91 Å². The molecule has 0 saturated carbocycles. The highest BCUT2D eigenvalue weighted by Crippen LogP contribution is 2.31. The Kier molecular flexibility index (Phi) is 8.93. The lowest BCUT2D eigenvalue weighted by Crippen LogP contribution is -2.50. The van der Waals surface area contributed by atoms with Gasteiger partial charge in [-0.05, 0) is 67.1 Å². The van der Waals surface area contributed by atoms with Crippen LogP contribution in [0, 0.1) is 18.6 Å². The molecule has 0 spiro atoms. The van der Waals surface area contributed by atoms with Crippen molar-refractivity contribution in [2.75, 3.05) is 19.7 Å². The number of benzene rings is 3. The van der Waals surface area contributed by atoms with Crippen LogP contribution in [-0.2, 0) is 16.1 Å². The number of likely N-dealkylation sites (tertiary alicyclic amines) is 1. The fraction of sp³-hybridized carbons (Fsp3) is 0.412. The minimum absolute atomic E-state index is 0.171. The number of halogens is 2. The molecular weight excluding hydrogens is 568 g/mol. The molecule has 3 aromatic rings. The first-order valence-corrected chi connectivity index (χ1v) is 15.2. The molecule has 2 saturated heterocycles. The summed E-state index contributed by atoms with van der Waals surface area (Å²) in [5, 5.41) is 16.7. The van der Waals surface area contributed by atoms with Gasteiger partial charge in [-0.25, -0.2) is 8.78 Å². The summed E-state index contributed by atoms with van der Waals surface area (Å²) in [6.45, 7) is 3.41. The van der Waals surface area contributed by atoms with E-state index >= 15 is 0 Å². The lowest BCUT2D eigenvalue weighted by Gasteiger charge is -2.34. The van der Waals surface area contributed by atoms with Crippen molar-refractivity contribution >= 4 is 11.8 Å². The van der Waals surface area contributed by atoms with E-state index < -0.39 is 29.9 Å². The second-order valence-corrected chi connectivity index (χ2v) is 11.9. The zero-order valence-electron chi connectivity index (χ0n) is 24.6. The van der Waals surface area contributed by atoms with Crippen LogP contribution in [0.1, 0.15) is 47.2 Å². The Morgan fingerprint density at radius 2 is 1.82 bits per heavy atom. The molecule has 5 atom stereocenters. The van der Waals surface area contributed by atoms with Crippen LogP contribution in [0.3, 0.4) is 0 Å². The van der Waals surface area contributed by atoms with Crippen LogP contribution >= 0.6 is 0 Å². The van der Waals surface area contributed by atoms with Crippen LogP contribution in [-0.4, -0.2) is 71.9 Å². The van der Waals surface area contributed by atoms with E-state index in [1.54, 1.807) is 18.2 Å². The summed E-state index contributed by atoms with van der Waals surface area (Å²) in [6, 6.07) is 15.3. The monoisotopic (exact) mass is 605 g/mol. The number of hydrogen-bond donors (Lipinski definition) is 3. The fourth-order valence-corrected chi connectivity index (χ4v) is 6.41. The second kappa shape index (κ2) is 13.0. The smallest absolute Gasteiger partial charge is 0.255 e. The molecule has 4 bridgehead atoms. The van der Waals surface area contributed by atoms with E-state index in [1.165, 1.54) is 12.1 Å². The first-order chi connectivity index (χ1) is 21.2. The standard InChI is InChI=1S/C34H37F2N3O5/c1-20-4-2-3-5-22(20)18-39-19-24-16-29(39)34(42)37-17-32-30(40)11-8-25(44-32)12-13-43-31-14-21(6-9-27(31)33(41)38-24)26-10-7-23(35)15-28(26)36/h2-7,9-10,14-15,24-25,29-30,32,40H,8,11-13,16-19H2,1H3,(H,37,42)(H,38,41)/t24-,25-,29-,30-,32+/m0/s1. The molecule has 3 aliphatic heterocycles. The minimum Gasteiger partial charge on any atom is -0.493 e. The van der Waals surface area contributed by atoms with Crippen molar-refractivity contribution in [2.24, 2.45) is 0 Å². The highest BCUT2D eigenvalue weighted by molar-refractivity contribution is 5.98. The number of aliphatic hydroxyl groups excluding tert-OH is 1. The lowest BCUT2D eigenvalue weighted by atomic mass is 9.99. The van der Waals surface area contributed by atoms with Crippen molar-refractivity contribution in [1.29, 1.82) is 0 Å². The summed E-state index contributed by atoms with van der Waals surface area (Å²) in [6.07, 6.45) is 0.585. The summed E-state index contributed by atoms with van der Waals surface area (Å²) >= 11 is 0. The number of nitrogens with zero attached hydrogens (tertiary/aromatic N) is 1. The molecule has 2 fully saturated rings. The van der Waals surface area contributed by atoms with Gasteiger partial charge in [-0.3, -0.25) is 14.5 Å². The van der Waals surface area contributed by atoms with E-state index in [0.717, 1.165) is 17.2 Å². The van der Waals surface area contributed by atoms with E-state index in [2.05, 4.69) is 15.5 Å². The zero-order valence-corrected chi connectivity index (χ0v) is 24.6. The molecule has 0 unspecified atom stereocenters. The van der Waals surface area contributed by atoms with E-state index in [-0.39, 0.29) is 54.0 Å². The van der Waals surface area contributed by atoms with Crippen molar-refractivity contribution in [3.05, 3.63) is 89.0 Å². The molecule has 0 aliphatic carbocycles. The van der Waals surface area contributed by atoms with E-state index in [4.69, 9.17) is 9.47 Å². The molecule has 0 radical (unpaired) electrons. The molecule has 10 heteroatoms. The highest BCUT2D eigenvalue weighted by atomic mass is 19.1. The summed E-state index contributed by atoms with van der Waals surface area (Å²) in [7, 11) is 0. The molecule has 232 valence electrons. The third-order valence-corrected chi connectivity index (χ3v) is 8.90. The van der Waals surface area contributed by atoms with Gasteiger partial charge in [0.05, 0.1) is 30.4 Å². The van der Waals surface area contributed by atoms with Gasteiger partial charge in [-0.2, -0.15) is 0 Å². The molecule has 44 heavy (non-hydrogen) atoms. The topological polar surface area (TPSA) is 100 Å². The Morgan fingerprint density at radius 3 is 2.64 bits per heavy atom. The van der Waals surface area contributed by atoms with Gasteiger partial charge < -0.3 is 25.2 Å². The summed E-state index contributed by atoms with van der Waals surface area (Å²) < 4.78 is 40.5. The third kappa shape index (κ3) is 6.62. The molecule has 8 nitrogen and oxygen atoms in total. The first-order valence-electron chi connectivity index (χ1n) is 15.2. The van der Waals surface area contributed by atoms with Gasteiger partial charge in [0.2, 0.25) is 5.91 Å². The van der Waals surface area contributed by atoms with Crippen LogP contribution in [0.15, 0.2) is 60.7 Å². The normalized spacial score (nSPS) is 26.3. The van der Waals surface area contributed by atoms with Gasteiger partial charge in [0, 0.05) is 43.7 Å². The third-order valence-electron chi connectivity index (χ3n) is 8.90. The number of rotatable bonds is 3. The van der Waals surface area contributed by atoms with E-state index in [9.17, 15) is 23.5 Å². The summed E-state index contributed by atoms with van der Waals surface area (Å²) in [5.74, 6) is -1.66. The Morgan fingerprint density at radius 1 is 1.00 bits per heavy atom. The predicted molar refractivity (Wildman–Crippen MR) is 160 cm³/mol. The van der Waals surface area contributed by atoms with Gasteiger partial charge in [0.1, 0.15) is 23.5 Å². The molecule has 6 rings (SSSR count). The Hall–Kier alpha value is -3.86. The number of carbonyl (C=O) groups excluding carboxylic acids is 2. The van der Waals surface area contributed by atoms with Gasteiger partial charge in [-0.1, -0.05) is 30.3 Å². The van der Waals surface area contributed by atoms with Gasteiger partial charge in [0.15, 0.2) is 0 Å². The van der Waals surface area contributed by atoms with Crippen LogP contribution in [0.5, 0.6) is 5.75 Å². The van der Waals surface area contributed by atoms with Crippen LogP contribution in [0.25, 0.3) is 11.1 Å². The molecular formula is C34H37F2N3O5. The second-order valence-electron chi connectivity index (χ2n) is 11.9. The van der Waals surface area contributed by atoms with Crippen LogP contribution < -0.4 is 15.4 Å². The van der Waals surface area contributed by atoms with Gasteiger partial charge >= 0.3 is 0 Å². The van der Waals surface area contributed by atoms with Crippen molar-refractivity contribution in [2.45, 2.75) is 69.5 Å². The maximum absolute atomic E-state index is 14.7. The van der Waals surface area contributed by atoms with E-state index in [1.807, 2.05) is 31.2 Å². The number of carbonyl (C=O) groups is 2. The number of nitrogens with one attached hydrogen (secondary N) is 2. The molecule has 0 aromatic heterocycles. The maximum atomic E-state index is 14.7. The number of aliphatic hydroxyl groups is 1. The Labute approximate surface area is 255 Å². The zero-order chi connectivity index (χ0) is 30.8. The quantitative estimate of drug-likeness (QED) is 0.416. The molecule has 3 N–H and O–H groups in total. The maximum Gasteiger partial charge on any atom is 0.255 e. The fourth-order valence-electron chi connectivity index (χ4n) is 6.41. The summed E-state index contributed by atoms with van der Waals surface area (Å²) in [4.78, 5) is 29.3. The Balaban J connectivity index is 1.31. The number of fused-ring (bicyclic) bond motifs is 5. The van der Waals surface area contributed by atoms with Gasteiger partial charge in [-0.15, -0.1) is 0 Å².